The maximum absolute atomic E-state index is 14.2. The summed E-state index contributed by atoms with van der Waals surface area (Å²) in [4.78, 5) is 59.3. The summed E-state index contributed by atoms with van der Waals surface area (Å²) in [6.07, 6.45) is 6.15. The minimum atomic E-state index is -1.34. The van der Waals surface area contributed by atoms with E-state index in [2.05, 4.69) is 28.9 Å². The number of allylic oxidation sites excluding steroid dienone is 1. The van der Waals surface area contributed by atoms with Crippen molar-refractivity contribution < 1.29 is 52.8 Å². The topological polar surface area (TPSA) is 174 Å². The molecule has 0 radical (unpaired) electrons. The number of nitrogens with one attached hydrogen (secondary N) is 2. The fourth-order valence-electron chi connectivity index (χ4n) is 8.31. The molecule has 6 fully saturated rings. The van der Waals surface area contributed by atoms with Crippen LogP contribution in [-0.2, 0) is 54.2 Å². The van der Waals surface area contributed by atoms with Crippen molar-refractivity contribution in [2.45, 2.75) is 127 Å². The van der Waals surface area contributed by atoms with E-state index >= 15 is 0 Å². The molecule has 7 rings (SSSR count). The molecule has 10 atom stereocenters. The summed E-state index contributed by atoms with van der Waals surface area (Å²) in [7, 11) is 0. The van der Waals surface area contributed by atoms with Gasteiger partial charge in [0.2, 0.25) is 11.8 Å². The number of esters is 2. The van der Waals surface area contributed by atoms with E-state index in [1.165, 1.54) is 0 Å². The maximum Gasteiger partial charge on any atom is 0.327 e. The molecular formula is C37H49N3O11. The lowest BCUT2D eigenvalue weighted by Gasteiger charge is -2.48. The van der Waals surface area contributed by atoms with Gasteiger partial charge >= 0.3 is 11.9 Å². The molecule has 6 aliphatic rings. The Labute approximate surface area is 297 Å². The van der Waals surface area contributed by atoms with Crippen molar-refractivity contribution in [3.63, 3.8) is 0 Å². The lowest BCUT2D eigenvalue weighted by atomic mass is 9.62. The number of amides is 2. The molecule has 4 aliphatic heterocycles. The van der Waals surface area contributed by atoms with Crippen LogP contribution in [0.2, 0.25) is 0 Å². The molecule has 2 amide bonds. The molecule has 1 aromatic carbocycles. The number of nitrogens with zero attached hydrogens (tertiary/aromatic N) is 1. The van der Waals surface area contributed by atoms with Crippen LogP contribution >= 0.6 is 0 Å². The van der Waals surface area contributed by atoms with Gasteiger partial charge in [0.1, 0.15) is 42.2 Å². The normalized spacial score (nSPS) is 34.3. The summed E-state index contributed by atoms with van der Waals surface area (Å²) < 4.78 is 28.6. The van der Waals surface area contributed by atoms with Crippen molar-refractivity contribution >= 4 is 29.8 Å². The molecule has 2 aliphatic carbocycles. The molecule has 2 bridgehead atoms. The molecule has 14 heteroatoms. The Morgan fingerprint density at radius 3 is 2.73 bits per heavy atom. The van der Waals surface area contributed by atoms with Crippen LogP contribution in [0.15, 0.2) is 30.3 Å². The highest BCUT2D eigenvalue weighted by Crippen LogP contribution is 2.55. The standard InChI is InChI=1S/C37H49N3O11/c1-36(2,3)50-29(43)12-10-24(19-41)39-28(42)13-14-38-35(45)37-17-27-30-31(47-20-46-30)33(37)51-40(32(37)34(44)49-27)18-23-6-4-5-21(15-23)7-8-22-9-11-25-26(16-22)48-25/h4-8,15,22,24-27,30-33,41H,9-14,16-20H2,1-3H3,(H,38,45)(H,39,42). The van der Waals surface area contributed by atoms with Gasteiger partial charge in [-0.25, -0.2) is 0 Å². The fourth-order valence-corrected chi connectivity index (χ4v) is 8.31. The van der Waals surface area contributed by atoms with Crippen molar-refractivity contribution in [3.05, 3.63) is 41.5 Å². The van der Waals surface area contributed by atoms with Gasteiger partial charge in [-0.3, -0.25) is 24.0 Å². The molecule has 4 saturated heterocycles. The second kappa shape index (κ2) is 14.6. The molecule has 51 heavy (non-hydrogen) atoms. The van der Waals surface area contributed by atoms with Gasteiger partial charge in [0.05, 0.1) is 31.4 Å². The monoisotopic (exact) mass is 711 g/mol. The lowest BCUT2D eigenvalue weighted by molar-refractivity contribution is -0.201. The fraction of sp³-hybridized carbons (Fsp3) is 0.676. The molecule has 0 aromatic heterocycles. The number of hydrogen-bond donors (Lipinski definition) is 3. The number of epoxide rings is 1. The predicted octanol–water partition coefficient (Wildman–Crippen LogP) is 1.91. The molecule has 4 heterocycles. The molecule has 14 nitrogen and oxygen atoms in total. The number of aliphatic hydroxyl groups is 1. The molecule has 0 spiro atoms. The number of hydroxylamine groups is 2. The van der Waals surface area contributed by atoms with Crippen LogP contribution in [0.1, 0.15) is 76.8 Å². The number of aliphatic hydroxyl groups excluding tert-OH is 1. The smallest absolute Gasteiger partial charge is 0.327 e. The van der Waals surface area contributed by atoms with Crippen LogP contribution in [0.25, 0.3) is 6.08 Å². The Bertz CT molecular complexity index is 1530. The van der Waals surface area contributed by atoms with Crippen LogP contribution in [-0.4, -0.2) is 108 Å². The van der Waals surface area contributed by atoms with E-state index in [4.69, 9.17) is 28.5 Å². The number of carbonyl (C=O) groups excluding carboxylic acids is 4. The third-order valence-electron chi connectivity index (χ3n) is 10.7. The number of ether oxygens (including phenoxy) is 5. The molecule has 3 N–H and O–H groups in total. The van der Waals surface area contributed by atoms with E-state index in [-0.39, 0.29) is 52.2 Å². The number of benzene rings is 1. The second-order valence-corrected chi connectivity index (χ2v) is 15.6. The zero-order valence-corrected chi connectivity index (χ0v) is 29.4. The average molecular weight is 712 g/mol. The van der Waals surface area contributed by atoms with Crippen molar-refractivity contribution in [2.24, 2.45) is 11.3 Å². The van der Waals surface area contributed by atoms with E-state index < -0.39 is 71.3 Å². The van der Waals surface area contributed by atoms with Gasteiger partial charge in [0.25, 0.3) is 0 Å². The largest absolute Gasteiger partial charge is 0.460 e. The van der Waals surface area contributed by atoms with Crippen LogP contribution < -0.4 is 10.6 Å². The molecular weight excluding hydrogens is 662 g/mol. The van der Waals surface area contributed by atoms with Gasteiger partial charge in [-0.2, -0.15) is 5.06 Å². The van der Waals surface area contributed by atoms with Gasteiger partial charge in [-0.1, -0.05) is 36.4 Å². The summed E-state index contributed by atoms with van der Waals surface area (Å²) in [6, 6.07) is 6.31. The highest BCUT2D eigenvalue weighted by molar-refractivity contribution is 5.94. The Morgan fingerprint density at radius 2 is 1.94 bits per heavy atom. The molecule has 278 valence electrons. The zero-order chi connectivity index (χ0) is 35.9. The van der Waals surface area contributed by atoms with Gasteiger partial charge in [0, 0.05) is 25.8 Å². The van der Waals surface area contributed by atoms with Crippen LogP contribution in [0, 0.1) is 11.3 Å². The highest BCUT2D eigenvalue weighted by atomic mass is 16.8. The SMILES string of the molecule is CC(C)(C)OC(=O)CCC(CO)NC(=O)CCNC(=O)C12CC3OC(=O)C1N(Cc1cccc(C=CC4CCC5OC5C4)c1)OC2C1OCOC31. The van der Waals surface area contributed by atoms with E-state index in [1.807, 2.05) is 18.2 Å². The van der Waals surface area contributed by atoms with Crippen molar-refractivity contribution in [3.8, 4) is 0 Å². The zero-order valence-electron chi connectivity index (χ0n) is 29.4. The Hall–Kier alpha value is -3.40. The van der Waals surface area contributed by atoms with E-state index in [1.54, 1.807) is 25.8 Å². The van der Waals surface area contributed by atoms with E-state index in [9.17, 15) is 24.3 Å². The van der Waals surface area contributed by atoms with Gasteiger partial charge < -0.3 is 39.4 Å². The number of carbonyl (C=O) groups is 4. The highest BCUT2D eigenvalue weighted by Gasteiger charge is 2.74. The van der Waals surface area contributed by atoms with Gasteiger partial charge in [0.15, 0.2) is 6.04 Å². The first-order valence-corrected chi connectivity index (χ1v) is 18.1. The molecule has 2 saturated carbocycles. The van der Waals surface area contributed by atoms with Crippen LogP contribution in [0.4, 0.5) is 0 Å². The summed E-state index contributed by atoms with van der Waals surface area (Å²) in [5.41, 5.74) is -0.0427. The Kier molecular flexibility index (Phi) is 10.3. The van der Waals surface area contributed by atoms with Gasteiger partial charge in [-0.15, -0.1) is 0 Å². The van der Waals surface area contributed by atoms with Crippen molar-refractivity contribution in [1.29, 1.82) is 0 Å². The second-order valence-electron chi connectivity index (χ2n) is 15.6. The maximum atomic E-state index is 14.2. The first-order valence-electron chi connectivity index (χ1n) is 18.1. The van der Waals surface area contributed by atoms with Crippen LogP contribution in [0.3, 0.4) is 0 Å². The average Bonchev–Trinajstić information content (AvgIpc) is 3.51. The molecule has 1 aromatic rings. The number of rotatable bonds is 13. The van der Waals surface area contributed by atoms with E-state index in [0.29, 0.717) is 18.1 Å². The van der Waals surface area contributed by atoms with Crippen molar-refractivity contribution in [1.82, 2.24) is 15.7 Å². The first-order chi connectivity index (χ1) is 24.4. The Balaban J connectivity index is 1.00. The minimum absolute atomic E-state index is 0.00532. The predicted molar refractivity (Wildman–Crippen MR) is 179 cm³/mol. The van der Waals surface area contributed by atoms with Crippen LogP contribution in [0.5, 0.6) is 0 Å². The molecule has 10 unspecified atom stereocenters. The first kappa shape index (κ1) is 36.0. The van der Waals surface area contributed by atoms with Gasteiger partial charge in [-0.05, 0) is 63.5 Å². The third-order valence-corrected chi connectivity index (χ3v) is 10.7. The number of hydrogen-bond acceptors (Lipinski definition) is 12. The quantitative estimate of drug-likeness (QED) is 0.201. The summed E-state index contributed by atoms with van der Waals surface area (Å²) >= 11 is 0. The summed E-state index contributed by atoms with van der Waals surface area (Å²) in [5.74, 6) is -1.34. The summed E-state index contributed by atoms with van der Waals surface area (Å²) in [5, 5.41) is 16.9. The van der Waals surface area contributed by atoms with E-state index in [0.717, 1.165) is 30.4 Å². The summed E-state index contributed by atoms with van der Waals surface area (Å²) in [6.45, 7) is 5.14. The lowest BCUT2D eigenvalue weighted by Crippen LogP contribution is -2.69. The number of fused-ring (bicyclic) bond motifs is 5. The minimum Gasteiger partial charge on any atom is -0.460 e. The Morgan fingerprint density at radius 1 is 1.12 bits per heavy atom. The third kappa shape index (κ3) is 7.72. The van der Waals surface area contributed by atoms with Crippen molar-refractivity contribution in [2.75, 3.05) is 19.9 Å².